The van der Waals surface area contributed by atoms with E-state index in [0.29, 0.717) is 19.5 Å². The van der Waals surface area contributed by atoms with Gasteiger partial charge in [0.2, 0.25) is 10.0 Å². The van der Waals surface area contributed by atoms with Crippen molar-refractivity contribution in [2.45, 2.75) is 30.2 Å². The zero-order valence-corrected chi connectivity index (χ0v) is 16.5. The number of aromatic nitrogens is 1. The molecule has 1 aromatic heterocycles. The molecule has 2 aliphatic rings. The summed E-state index contributed by atoms with van der Waals surface area (Å²) in [5, 5.41) is 9.12. The maximum atomic E-state index is 12.9. The van der Waals surface area contributed by atoms with Crippen molar-refractivity contribution in [2.24, 2.45) is 5.92 Å². The van der Waals surface area contributed by atoms with Gasteiger partial charge in [0.1, 0.15) is 4.90 Å². The molecule has 0 radical (unpaired) electrons. The predicted octanol–water partition coefficient (Wildman–Crippen LogP) is 0.573. The summed E-state index contributed by atoms with van der Waals surface area (Å²) in [5.41, 5.74) is 0. The zero-order chi connectivity index (χ0) is 19.4. The number of hydrogen-bond donors (Lipinski definition) is 1. The van der Waals surface area contributed by atoms with E-state index in [0.717, 1.165) is 32.6 Å². The van der Waals surface area contributed by atoms with Crippen LogP contribution in [0.5, 0.6) is 0 Å². The number of rotatable bonds is 6. The fourth-order valence-corrected chi connectivity index (χ4v) is 5.56. The summed E-state index contributed by atoms with van der Waals surface area (Å²) in [7, 11) is -1.50. The molecule has 0 unspecified atom stereocenters. The van der Waals surface area contributed by atoms with E-state index in [4.69, 9.17) is 5.11 Å². The highest BCUT2D eigenvalue weighted by Gasteiger charge is 2.38. The Morgan fingerprint density at radius 2 is 2.00 bits per heavy atom. The number of hydrogen-bond acceptors (Lipinski definition) is 6. The summed E-state index contributed by atoms with van der Waals surface area (Å²) in [6, 6.07) is 3.41. The van der Waals surface area contributed by atoms with Crippen LogP contribution in [0.15, 0.2) is 29.4 Å². The van der Waals surface area contributed by atoms with Crippen LogP contribution in [0.2, 0.25) is 0 Å². The first-order valence-corrected chi connectivity index (χ1v) is 10.9. The number of sulfonamides is 1. The first-order valence-electron chi connectivity index (χ1n) is 9.42. The average molecular weight is 397 g/mol. The molecule has 0 spiro atoms. The minimum absolute atomic E-state index is 0.0182. The van der Waals surface area contributed by atoms with Gasteiger partial charge < -0.3 is 10.0 Å². The second-order valence-corrected chi connectivity index (χ2v) is 9.38. The smallest absolute Gasteiger partial charge is 0.303 e. The van der Waals surface area contributed by atoms with Crippen LogP contribution < -0.4 is 0 Å². The van der Waals surface area contributed by atoms with E-state index in [9.17, 15) is 13.2 Å². The van der Waals surface area contributed by atoms with Crippen LogP contribution in [0.4, 0.5) is 0 Å². The van der Waals surface area contributed by atoms with E-state index in [1.165, 1.54) is 10.5 Å². The number of nitrogens with zero attached hydrogens (tertiary/aromatic N) is 4. The third-order valence-electron chi connectivity index (χ3n) is 5.66. The van der Waals surface area contributed by atoms with Crippen LogP contribution in [0.3, 0.4) is 0 Å². The number of piperidine rings is 1. The molecule has 27 heavy (non-hydrogen) atoms. The number of likely N-dealkylation sites (N-methyl/N-ethyl adjacent to an activating group) is 1. The summed E-state index contributed by atoms with van der Waals surface area (Å²) in [4.78, 5) is 19.9. The largest absolute Gasteiger partial charge is 0.481 e. The van der Waals surface area contributed by atoms with Crippen LogP contribution in [-0.4, -0.2) is 90.9 Å². The maximum absolute atomic E-state index is 12.9. The monoisotopic (exact) mass is 396 g/mol. The molecule has 150 valence electrons. The fourth-order valence-electron chi connectivity index (χ4n) is 4.08. The van der Waals surface area contributed by atoms with Gasteiger partial charge in [-0.3, -0.25) is 14.7 Å². The summed E-state index contributed by atoms with van der Waals surface area (Å²) >= 11 is 0. The van der Waals surface area contributed by atoms with Gasteiger partial charge in [-0.05, 0) is 37.9 Å². The summed E-state index contributed by atoms with van der Waals surface area (Å²) in [6.07, 6.45) is 4.21. The summed E-state index contributed by atoms with van der Waals surface area (Å²) in [5.74, 6) is -0.816. The van der Waals surface area contributed by atoms with E-state index in [2.05, 4.69) is 21.8 Å². The molecular formula is C18H28N4O4S. The van der Waals surface area contributed by atoms with Crippen molar-refractivity contribution in [3.8, 4) is 0 Å². The van der Waals surface area contributed by atoms with Gasteiger partial charge in [-0.1, -0.05) is 0 Å². The normalized spacial score (nSPS) is 26.1. The van der Waals surface area contributed by atoms with Crippen molar-refractivity contribution in [1.29, 1.82) is 0 Å². The number of carboxylic acid groups (broad SMARTS) is 1. The van der Waals surface area contributed by atoms with Gasteiger partial charge >= 0.3 is 5.97 Å². The Labute approximate surface area is 160 Å². The van der Waals surface area contributed by atoms with Gasteiger partial charge in [0.25, 0.3) is 0 Å². The minimum atomic E-state index is -3.60. The molecule has 0 aromatic carbocycles. The molecule has 2 fully saturated rings. The molecule has 2 aliphatic heterocycles. The van der Waals surface area contributed by atoms with Crippen LogP contribution in [0.1, 0.15) is 19.3 Å². The number of carbonyl (C=O) groups is 1. The first kappa shape index (κ1) is 20.2. The lowest BCUT2D eigenvalue weighted by atomic mass is 9.87. The van der Waals surface area contributed by atoms with Crippen molar-refractivity contribution in [3.63, 3.8) is 0 Å². The van der Waals surface area contributed by atoms with Gasteiger partial charge in [0.05, 0.1) is 0 Å². The summed E-state index contributed by atoms with van der Waals surface area (Å²) in [6.45, 7) is 4.68. The van der Waals surface area contributed by atoms with E-state index >= 15 is 0 Å². The fraction of sp³-hybridized carbons (Fsp3) is 0.667. The number of carboxylic acids is 1. The van der Waals surface area contributed by atoms with Gasteiger partial charge in [-0.2, -0.15) is 4.31 Å². The van der Waals surface area contributed by atoms with Crippen molar-refractivity contribution in [1.82, 2.24) is 19.1 Å². The topological polar surface area (TPSA) is 94.0 Å². The van der Waals surface area contributed by atoms with Crippen LogP contribution in [-0.2, 0) is 14.8 Å². The standard InChI is InChI=1S/C18H28N4O4S/c1-20-9-11-21(12-10-20)17-6-8-22(14-15(17)4-5-18(23)24)27(25,26)16-3-2-7-19-13-16/h2-3,7,13,15,17H,4-6,8-12,14H2,1H3,(H,23,24)/t15-,17+/m0/s1. The average Bonchev–Trinajstić information content (AvgIpc) is 2.67. The van der Waals surface area contributed by atoms with E-state index < -0.39 is 16.0 Å². The molecule has 0 aliphatic carbocycles. The van der Waals surface area contributed by atoms with Gasteiger partial charge in [0, 0.05) is 64.1 Å². The molecule has 3 heterocycles. The highest BCUT2D eigenvalue weighted by Crippen LogP contribution is 2.30. The molecule has 2 saturated heterocycles. The second kappa shape index (κ2) is 8.64. The van der Waals surface area contributed by atoms with Gasteiger partial charge in [-0.15, -0.1) is 0 Å². The third kappa shape index (κ3) is 4.84. The number of piperazine rings is 1. The third-order valence-corrected chi connectivity index (χ3v) is 7.51. The molecule has 0 amide bonds. The SMILES string of the molecule is CN1CCN([C@@H]2CCN(S(=O)(=O)c3cccnc3)C[C@@H]2CCC(=O)O)CC1. The Balaban J connectivity index is 1.75. The Bertz CT molecular complexity index is 735. The lowest BCUT2D eigenvalue weighted by Gasteiger charge is -2.46. The molecular weight excluding hydrogens is 368 g/mol. The van der Waals surface area contributed by atoms with E-state index in [1.807, 2.05) is 0 Å². The van der Waals surface area contributed by atoms with Crippen molar-refractivity contribution >= 4 is 16.0 Å². The molecule has 1 N–H and O–H groups in total. The zero-order valence-electron chi connectivity index (χ0n) is 15.7. The Hall–Kier alpha value is -1.55. The van der Waals surface area contributed by atoms with Crippen molar-refractivity contribution in [2.75, 3.05) is 46.3 Å². The lowest BCUT2D eigenvalue weighted by Crippen LogP contribution is -2.56. The van der Waals surface area contributed by atoms with Crippen LogP contribution in [0.25, 0.3) is 0 Å². The van der Waals surface area contributed by atoms with E-state index in [1.54, 1.807) is 18.3 Å². The Kier molecular flexibility index (Phi) is 6.46. The lowest BCUT2D eigenvalue weighted by molar-refractivity contribution is -0.137. The highest BCUT2D eigenvalue weighted by atomic mass is 32.2. The van der Waals surface area contributed by atoms with E-state index in [-0.39, 0.29) is 23.3 Å². The summed E-state index contributed by atoms with van der Waals surface area (Å²) < 4.78 is 27.4. The number of pyridine rings is 1. The second-order valence-electron chi connectivity index (χ2n) is 7.44. The maximum Gasteiger partial charge on any atom is 0.303 e. The highest BCUT2D eigenvalue weighted by molar-refractivity contribution is 7.89. The molecule has 8 nitrogen and oxygen atoms in total. The Morgan fingerprint density at radius 3 is 2.63 bits per heavy atom. The molecule has 0 saturated carbocycles. The molecule has 0 bridgehead atoms. The molecule has 3 rings (SSSR count). The van der Waals surface area contributed by atoms with Crippen molar-refractivity contribution < 1.29 is 18.3 Å². The first-order chi connectivity index (χ1) is 12.9. The number of aliphatic carboxylic acids is 1. The Morgan fingerprint density at radius 1 is 1.26 bits per heavy atom. The van der Waals surface area contributed by atoms with Crippen LogP contribution in [0, 0.1) is 5.92 Å². The molecule has 1 aromatic rings. The molecule has 9 heteroatoms. The quantitative estimate of drug-likeness (QED) is 0.751. The van der Waals surface area contributed by atoms with Gasteiger partial charge in [-0.25, -0.2) is 8.42 Å². The van der Waals surface area contributed by atoms with Gasteiger partial charge in [0.15, 0.2) is 0 Å². The molecule has 2 atom stereocenters. The minimum Gasteiger partial charge on any atom is -0.481 e. The predicted molar refractivity (Wildman–Crippen MR) is 101 cm³/mol. The van der Waals surface area contributed by atoms with Crippen molar-refractivity contribution in [3.05, 3.63) is 24.5 Å². The van der Waals surface area contributed by atoms with Crippen LogP contribution >= 0.6 is 0 Å².